The van der Waals surface area contributed by atoms with E-state index in [1.807, 2.05) is 65.6 Å². The fourth-order valence-electron chi connectivity index (χ4n) is 3.96. The predicted molar refractivity (Wildman–Crippen MR) is 121 cm³/mol. The Hall–Kier alpha value is -3.27. The lowest BCUT2D eigenvalue weighted by molar-refractivity contribution is 0.0530. The second-order valence-corrected chi connectivity index (χ2v) is 7.86. The van der Waals surface area contributed by atoms with Crippen LogP contribution < -0.4 is 10.1 Å². The maximum absolute atomic E-state index is 13.4. The van der Waals surface area contributed by atoms with Crippen LogP contribution in [0.15, 0.2) is 78.9 Å². The first-order valence-corrected chi connectivity index (χ1v) is 10.6. The van der Waals surface area contributed by atoms with Crippen molar-refractivity contribution in [3.8, 4) is 5.75 Å². The zero-order chi connectivity index (χ0) is 21.0. The van der Waals surface area contributed by atoms with Crippen molar-refractivity contribution in [1.29, 1.82) is 0 Å². The van der Waals surface area contributed by atoms with Crippen molar-refractivity contribution in [2.45, 2.75) is 39.0 Å². The number of hydrogen-bond donors (Lipinski definition) is 1. The second-order valence-electron chi connectivity index (χ2n) is 7.86. The second kappa shape index (κ2) is 8.62. The van der Waals surface area contributed by atoms with Gasteiger partial charge in [-0.3, -0.25) is 4.79 Å². The molecule has 3 aromatic rings. The van der Waals surface area contributed by atoms with Crippen molar-refractivity contribution >= 4 is 11.6 Å². The molecule has 0 aliphatic carbocycles. The molecule has 1 atom stereocenters. The third-order valence-corrected chi connectivity index (χ3v) is 5.70. The number of ether oxygens (including phenoxy) is 1. The number of nitrogens with one attached hydrogen (secondary N) is 1. The van der Waals surface area contributed by atoms with Gasteiger partial charge in [0, 0.05) is 17.8 Å². The SMILES string of the molecule is CCCCN1C(=O)c2ccccc2NC1(C)c1cccc(OCc2ccccc2)c1. The van der Waals surface area contributed by atoms with Crippen LogP contribution in [0.2, 0.25) is 0 Å². The number of nitrogens with zero attached hydrogens (tertiary/aromatic N) is 1. The summed E-state index contributed by atoms with van der Waals surface area (Å²) in [4.78, 5) is 15.3. The third kappa shape index (κ3) is 3.90. The summed E-state index contributed by atoms with van der Waals surface area (Å²) in [7, 11) is 0. The molecule has 0 saturated heterocycles. The molecule has 0 fully saturated rings. The maximum atomic E-state index is 13.4. The van der Waals surface area contributed by atoms with Gasteiger partial charge in [0.2, 0.25) is 0 Å². The molecule has 30 heavy (non-hydrogen) atoms. The maximum Gasteiger partial charge on any atom is 0.258 e. The number of carbonyl (C=O) groups is 1. The molecule has 1 aliphatic rings. The van der Waals surface area contributed by atoms with E-state index < -0.39 is 5.66 Å². The van der Waals surface area contributed by atoms with Crippen molar-refractivity contribution in [2.75, 3.05) is 11.9 Å². The molecule has 4 nitrogen and oxygen atoms in total. The van der Waals surface area contributed by atoms with Crippen LogP contribution in [0.5, 0.6) is 5.75 Å². The molecule has 0 spiro atoms. The minimum absolute atomic E-state index is 0.0657. The molecule has 3 aromatic carbocycles. The Balaban J connectivity index is 1.65. The van der Waals surface area contributed by atoms with E-state index in [2.05, 4.69) is 37.4 Å². The molecule has 154 valence electrons. The number of hydrogen-bond acceptors (Lipinski definition) is 3. The number of amides is 1. The lowest BCUT2D eigenvalue weighted by atomic mass is 9.93. The van der Waals surface area contributed by atoms with E-state index in [-0.39, 0.29) is 5.91 Å². The van der Waals surface area contributed by atoms with Crippen molar-refractivity contribution in [3.63, 3.8) is 0 Å². The van der Waals surface area contributed by atoms with Crippen molar-refractivity contribution in [2.24, 2.45) is 0 Å². The van der Waals surface area contributed by atoms with Crippen LogP contribution >= 0.6 is 0 Å². The molecular formula is C26H28N2O2. The van der Waals surface area contributed by atoms with Crippen molar-refractivity contribution in [3.05, 3.63) is 95.6 Å². The van der Waals surface area contributed by atoms with Gasteiger partial charge in [0.1, 0.15) is 18.0 Å². The van der Waals surface area contributed by atoms with E-state index in [0.717, 1.165) is 41.0 Å². The van der Waals surface area contributed by atoms with Gasteiger partial charge in [-0.2, -0.15) is 0 Å². The molecule has 1 heterocycles. The minimum Gasteiger partial charge on any atom is -0.489 e. The summed E-state index contributed by atoms with van der Waals surface area (Å²) in [5, 5.41) is 3.63. The number of para-hydroxylation sites is 1. The molecule has 0 saturated carbocycles. The van der Waals surface area contributed by atoms with Crippen LogP contribution in [-0.2, 0) is 12.3 Å². The van der Waals surface area contributed by atoms with Crippen LogP contribution in [0.1, 0.15) is 48.2 Å². The molecule has 0 radical (unpaired) electrons. The Labute approximate surface area is 178 Å². The molecule has 1 N–H and O–H groups in total. The normalized spacial score (nSPS) is 17.9. The molecule has 4 rings (SSSR count). The van der Waals surface area contributed by atoms with Gasteiger partial charge in [0.25, 0.3) is 5.91 Å². The summed E-state index contributed by atoms with van der Waals surface area (Å²) in [6.07, 6.45) is 1.98. The molecule has 0 bridgehead atoms. The average Bonchev–Trinajstić information content (AvgIpc) is 2.78. The summed E-state index contributed by atoms with van der Waals surface area (Å²) >= 11 is 0. The van der Waals surface area contributed by atoms with Crippen LogP contribution in [0.3, 0.4) is 0 Å². The highest BCUT2D eigenvalue weighted by molar-refractivity contribution is 6.02. The van der Waals surface area contributed by atoms with Crippen LogP contribution in [0, 0.1) is 0 Å². The monoisotopic (exact) mass is 400 g/mol. The zero-order valence-electron chi connectivity index (χ0n) is 17.6. The van der Waals surface area contributed by atoms with Gasteiger partial charge in [-0.25, -0.2) is 0 Å². The summed E-state index contributed by atoms with van der Waals surface area (Å²) in [5.41, 5.74) is 3.08. The van der Waals surface area contributed by atoms with Crippen LogP contribution in [0.4, 0.5) is 5.69 Å². The Morgan fingerprint density at radius 1 is 0.967 bits per heavy atom. The van der Waals surface area contributed by atoms with E-state index >= 15 is 0 Å². The first-order chi connectivity index (χ1) is 14.6. The predicted octanol–water partition coefficient (Wildman–Crippen LogP) is 5.81. The fraction of sp³-hybridized carbons (Fsp3) is 0.269. The van der Waals surface area contributed by atoms with Crippen LogP contribution in [0.25, 0.3) is 0 Å². The lowest BCUT2D eigenvalue weighted by Gasteiger charge is -2.47. The van der Waals surface area contributed by atoms with Crippen molar-refractivity contribution < 1.29 is 9.53 Å². The first kappa shape index (κ1) is 20.0. The van der Waals surface area contributed by atoms with E-state index in [4.69, 9.17) is 4.74 Å². The van der Waals surface area contributed by atoms with E-state index in [0.29, 0.717) is 13.2 Å². The highest BCUT2D eigenvalue weighted by atomic mass is 16.5. The fourth-order valence-corrected chi connectivity index (χ4v) is 3.96. The molecule has 1 unspecified atom stereocenters. The van der Waals surface area contributed by atoms with Gasteiger partial charge in [0.15, 0.2) is 0 Å². The molecule has 0 aromatic heterocycles. The van der Waals surface area contributed by atoms with Gasteiger partial charge >= 0.3 is 0 Å². The Morgan fingerprint density at radius 3 is 2.53 bits per heavy atom. The number of benzene rings is 3. The molecule has 4 heteroatoms. The Kier molecular flexibility index (Phi) is 5.75. The number of anilines is 1. The van der Waals surface area contributed by atoms with Crippen LogP contribution in [-0.4, -0.2) is 17.4 Å². The third-order valence-electron chi connectivity index (χ3n) is 5.70. The van der Waals surface area contributed by atoms with E-state index in [9.17, 15) is 4.79 Å². The summed E-state index contributed by atoms with van der Waals surface area (Å²) in [6, 6.07) is 25.9. The molecular weight excluding hydrogens is 372 g/mol. The summed E-state index contributed by atoms with van der Waals surface area (Å²) in [6.45, 7) is 5.43. The highest BCUT2D eigenvalue weighted by Crippen LogP contribution is 2.38. The van der Waals surface area contributed by atoms with Gasteiger partial charge in [-0.05, 0) is 43.2 Å². The van der Waals surface area contributed by atoms with E-state index in [1.54, 1.807) is 0 Å². The topological polar surface area (TPSA) is 41.6 Å². The highest BCUT2D eigenvalue weighted by Gasteiger charge is 2.42. The number of fused-ring (bicyclic) bond motifs is 1. The largest absolute Gasteiger partial charge is 0.489 e. The van der Waals surface area contributed by atoms with Gasteiger partial charge in [-0.15, -0.1) is 0 Å². The number of rotatable bonds is 7. The summed E-state index contributed by atoms with van der Waals surface area (Å²) in [5.74, 6) is 0.858. The van der Waals surface area contributed by atoms with Gasteiger partial charge in [0.05, 0.1) is 5.56 Å². The smallest absolute Gasteiger partial charge is 0.258 e. The van der Waals surface area contributed by atoms with Gasteiger partial charge in [-0.1, -0.05) is 67.9 Å². The Bertz CT molecular complexity index is 1020. The molecule has 1 amide bonds. The minimum atomic E-state index is -0.646. The van der Waals surface area contributed by atoms with Gasteiger partial charge < -0.3 is 15.0 Å². The quantitative estimate of drug-likeness (QED) is 0.544. The first-order valence-electron chi connectivity index (χ1n) is 10.6. The Morgan fingerprint density at radius 2 is 1.73 bits per heavy atom. The zero-order valence-corrected chi connectivity index (χ0v) is 17.6. The molecule has 1 aliphatic heterocycles. The van der Waals surface area contributed by atoms with E-state index in [1.165, 1.54) is 0 Å². The standard InChI is InChI=1S/C26H28N2O2/c1-3-4-17-28-25(29)23-15-8-9-16-24(23)27-26(28,2)21-13-10-14-22(18-21)30-19-20-11-6-5-7-12-20/h5-16,18,27H,3-4,17,19H2,1-2H3. The van der Waals surface area contributed by atoms with Crippen molar-refractivity contribution in [1.82, 2.24) is 4.90 Å². The number of carbonyl (C=O) groups excluding carboxylic acids is 1. The summed E-state index contributed by atoms with van der Waals surface area (Å²) < 4.78 is 6.05. The lowest BCUT2D eigenvalue weighted by Crippen LogP contribution is -2.56. The number of unbranched alkanes of at least 4 members (excludes halogenated alkanes) is 1. The average molecular weight is 401 g/mol.